The van der Waals surface area contributed by atoms with E-state index in [9.17, 15) is 13.2 Å². The van der Waals surface area contributed by atoms with Crippen LogP contribution in [0.3, 0.4) is 0 Å². The van der Waals surface area contributed by atoms with Crippen LogP contribution in [0.2, 0.25) is 0 Å². The van der Waals surface area contributed by atoms with Crippen molar-refractivity contribution in [2.45, 2.75) is 42.7 Å². The van der Waals surface area contributed by atoms with Crippen molar-refractivity contribution in [3.63, 3.8) is 0 Å². The molecule has 2 rings (SSSR count). The number of carbonyl (C=O) groups excluding carboxylic acids is 1. The Labute approximate surface area is 114 Å². The van der Waals surface area contributed by atoms with E-state index in [-0.39, 0.29) is 17.0 Å². The lowest BCUT2D eigenvalue weighted by Gasteiger charge is -2.35. The Balaban J connectivity index is 1.93. The van der Waals surface area contributed by atoms with E-state index < -0.39 is 15.1 Å². The van der Waals surface area contributed by atoms with Crippen molar-refractivity contribution < 1.29 is 13.2 Å². The molecular formula is C12H20ClNO3S. The minimum Gasteiger partial charge on any atom is -0.344 e. The van der Waals surface area contributed by atoms with Crippen LogP contribution >= 0.6 is 11.6 Å². The first-order valence-electron chi connectivity index (χ1n) is 6.51. The molecule has 1 saturated carbocycles. The van der Waals surface area contributed by atoms with Crippen molar-refractivity contribution >= 4 is 27.3 Å². The van der Waals surface area contributed by atoms with E-state index in [1.165, 1.54) is 0 Å². The number of sulfone groups is 1. The van der Waals surface area contributed by atoms with Crippen LogP contribution < -0.4 is 0 Å². The molecule has 4 nitrogen and oxygen atoms in total. The van der Waals surface area contributed by atoms with Crippen molar-refractivity contribution in [3.05, 3.63) is 0 Å². The molecule has 0 radical (unpaired) electrons. The number of halogens is 1. The number of alkyl halides is 1. The predicted octanol–water partition coefficient (Wildman–Crippen LogP) is 1.43. The Hall–Kier alpha value is -0.290. The van der Waals surface area contributed by atoms with E-state index in [1.807, 2.05) is 0 Å². The molecule has 0 aromatic carbocycles. The van der Waals surface area contributed by atoms with Crippen LogP contribution in [-0.4, -0.2) is 49.2 Å². The highest BCUT2D eigenvalue weighted by atomic mass is 35.5. The van der Waals surface area contributed by atoms with E-state index in [4.69, 9.17) is 11.6 Å². The molecule has 1 aliphatic carbocycles. The number of amides is 1. The van der Waals surface area contributed by atoms with Crippen LogP contribution in [0.15, 0.2) is 0 Å². The lowest BCUT2D eigenvalue weighted by Crippen LogP contribution is -2.46. The Kier molecular flexibility index (Phi) is 4.22. The molecule has 1 saturated heterocycles. The summed E-state index contributed by atoms with van der Waals surface area (Å²) < 4.78 is 23.8. The summed E-state index contributed by atoms with van der Waals surface area (Å²) in [5.74, 6) is 0.366. The summed E-state index contributed by atoms with van der Waals surface area (Å²) in [6.07, 6.45) is 3.85. The third-order valence-electron chi connectivity index (χ3n) is 3.94. The molecule has 6 heteroatoms. The second kappa shape index (κ2) is 5.37. The third kappa shape index (κ3) is 2.99. The molecular weight excluding hydrogens is 274 g/mol. The van der Waals surface area contributed by atoms with Gasteiger partial charge < -0.3 is 4.90 Å². The average Bonchev–Trinajstić information content (AvgIpc) is 2.25. The lowest BCUT2D eigenvalue weighted by atomic mass is 9.84. The minimum atomic E-state index is -3.22. The summed E-state index contributed by atoms with van der Waals surface area (Å²) in [5, 5.41) is -0.569. The summed E-state index contributed by atoms with van der Waals surface area (Å²) in [6, 6.07) is 0. The average molecular weight is 294 g/mol. The summed E-state index contributed by atoms with van der Waals surface area (Å²) >= 11 is 5.90. The van der Waals surface area contributed by atoms with Crippen molar-refractivity contribution in [3.8, 4) is 0 Å². The molecule has 0 spiro atoms. The summed E-state index contributed by atoms with van der Waals surface area (Å²) in [4.78, 5) is 13.8. The first-order chi connectivity index (χ1) is 8.40. The van der Waals surface area contributed by atoms with E-state index in [1.54, 1.807) is 11.9 Å². The highest BCUT2D eigenvalue weighted by Gasteiger charge is 2.38. The Morgan fingerprint density at radius 1 is 1.33 bits per heavy atom. The highest BCUT2D eigenvalue weighted by molar-refractivity contribution is 7.92. The smallest absolute Gasteiger partial charge is 0.240 e. The minimum absolute atomic E-state index is 0.157. The molecule has 18 heavy (non-hydrogen) atoms. The van der Waals surface area contributed by atoms with Gasteiger partial charge in [-0.25, -0.2) is 8.42 Å². The molecule has 1 unspecified atom stereocenters. The molecule has 0 aromatic rings. The highest BCUT2D eigenvalue weighted by Crippen LogP contribution is 2.32. The normalized spacial score (nSPS) is 34.7. The van der Waals surface area contributed by atoms with Crippen LogP contribution in [-0.2, 0) is 14.6 Å². The molecule has 0 bridgehead atoms. The van der Waals surface area contributed by atoms with Crippen molar-refractivity contribution in [2.75, 3.05) is 19.3 Å². The van der Waals surface area contributed by atoms with Gasteiger partial charge in [0.15, 0.2) is 9.84 Å². The van der Waals surface area contributed by atoms with Crippen LogP contribution in [0.1, 0.15) is 32.1 Å². The first-order valence-corrected chi connectivity index (χ1v) is 8.66. The number of hydrogen-bond donors (Lipinski definition) is 0. The Bertz CT molecular complexity index is 417. The molecule has 0 N–H and O–H groups in total. The van der Waals surface area contributed by atoms with Gasteiger partial charge >= 0.3 is 0 Å². The predicted molar refractivity (Wildman–Crippen MR) is 71.4 cm³/mol. The van der Waals surface area contributed by atoms with Gasteiger partial charge in [0.25, 0.3) is 0 Å². The molecule has 0 aromatic heterocycles. The van der Waals surface area contributed by atoms with Gasteiger partial charge in [-0.3, -0.25) is 4.79 Å². The largest absolute Gasteiger partial charge is 0.344 e. The zero-order valence-corrected chi connectivity index (χ0v) is 12.2. The fourth-order valence-corrected chi connectivity index (χ4v) is 5.17. The van der Waals surface area contributed by atoms with Gasteiger partial charge in [-0.15, -0.1) is 11.6 Å². The van der Waals surface area contributed by atoms with Gasteiger partial charge in [-0.05, 0) is 31.6 Å². The van der Waals surface area contributed by atoms with E-state index in [0.29, 0.717) is 25.3 Å². The number of rotatable bonds is 3. The lowest BCUT2D eigenvalue weighted by molar-refractivity contribution is -0.130. The SMILES string of the molecule is CN(CC1CC(Cl)C1)C(=O)C1CCCCS1(=O)=O. The van der Waals surface area contributed by atoms with Gasteiger partial charge in [-0.2, -0.15) is 0 Å². The van der Waals surface area contributed by atoms with Crippen molar-refractivity contribution in [1.82, 2.24) is 4.90 Å². The fraction of sp³-hybridized carbons (Fsp3) is 0.917. The number of carbonyl (C=O) groups is 1. The topological polar surface area (TPSA) is 54.5 Å². The zero-order valence-electron chi connectivity index (χ0n) is 10.6. The number of nitrogens with zero attached hydrogens (tertiary/aromatic N) is 1. The Morgan fingerprint density at radius 3 is 2.56 bits per heavy atom. The second-order valence-electron chi connectivity index (χ2n) is 5.50. The van der Waals surface area contributed by atoms with Gasteiger partial charge in [0.2, 0.25) is 5.91 Å². The van der Waals surface area contributed by atoms with E-state index >= 15 is 0 Å². The van der Waals surface area contributed by atoms with Crippen LogP contribution in [0.25, 0.3) is 0 Å². The molecule has 1 heterocycles. The third-order valence-corrected chi connectivity index (χ3v) is 6.46. The van der Waals surface area contributed by atoms with Crippen LogP contribution in [0, 0.1) is 5.92 Å². The molecule has 104 valence electrons. The zero-order chi connectivity index (χ0) is 13.3. The van der Waals surface area contributed by atoms with E-state index in [2.05, 4.69) is 0 Å². The van der Waals surface area contributed by atoms with Crippen LogP contribution in [0.4, 0.5) is 0 Å². The number of hydrogen-bond acceptors (Lipinski definition) is 3. The molecule has 1 aliphatic heterocycles. The Morgan fingerprint density at radius 2 is 2.00 bits per heavy atom. The van der Waals surface area contributed by atoms with Crippen molar-refractivity contribution in [2.24, 2.45) is 5.92 Å². The van der Waals surface area contributed by atoms with Gasteiger partial charge in [0.1, 0.15) is 5.25 Å². The van der Waals surface area contributed by atoms with Gasteiger partial charge in [0, 0.05) is 19.0 Å². The van der Waals surface area contributed by atoms with Crippen molar-refractivity contribution in [1.29, 1.82) is 0 Å². The van der Waals surface area contributed by atoms with E-state index in [0.717, 1.165) is 19.3 Å². The summed E-state index contributed by atoms with van der Waals surface area (Å²) in [7, 11) is -1.52. The molecule has 1 atom stereocenters. The maximum absolute atomic E-state index is 12.2. The maximum Gasteiger partial charge on any atom is 0.240 e. The fourth-order valence-electron chi connectivity index (χ4n) is 2.76. The standard InChI is InChI=1S/C12H20ClNO3S/c1-14(8-9-6-10(13)7-9)12(15)11-4-2-3-5-18(11,16)17/h9-11H,2-8H2,1H3. The van der Waals surface area contributed by atoms with Gasteiger partial charge in [0.05, 0.1) is 5.75 Å². The monoisotopic (exact) mass is 293 g/mol. The van der Waals surface area contributed by atoms with Crippen LogP contribution in [0.5, 0.6) is 0 Å². The summed E-state index contributed by atoms with van der Waals surface area (Å²) in [5.41, 5.74) is 0. The summed E-state index contributed by atoms with van der Waals surface area (Å²) in [6.45, 7) is 0.633. The molecule has 2 aliphatic rings. The molecule has 2 fully saturated rings. The maximum atomic E-state index is 12.2. The van der Waals surface area contributed by atoms with Gasteiger partial charge in [-0.1, -0.05) is 6.42 Å². The first kappa shape index (κ1) is 14.1. The quantitative estimate of drug-likeness (QED) is 0.740. The second-order valence-corrected chi connectivity index (χ2v) is 8.43. The molecule has 1 amide bonds.